The van der Waals surface area contributed by atoms with Gasteiger partial charge in [-0.05, 0) is 49.9 Å². The molecule has 0 atom stereocenters. The van der Waals surface area contributed by atoms with Gasteiger partial charge in [0.1, 0.15) is 5.82 Å². The molecule has 0 bridgehead atoms. The zero-order valence-electron chi connectivity index (χ0n) is 19.2. The Morgan fingerprint density at radius 1 is 1.00 bits per heavy atom. The van der Waals surface area contributed by atoms with E-state index in [9.17, 15) is 9.59 Å². The molecule has 0 aliphatic heterocycles. The quantitative estimate of drug-likeness (QED) is 0.501. The highest BCUT2D eigenvalue weighted by atomic mass is 32.2. The number of nitrogens with one attached hydrogen (secondary N) is 2. The SMILES string of the molecule is CCc1ccccc1NC(=O)Cc1nnc(SCC(=O)Nc2c(C)cc(C)cc2C)n1C. The molecule has 0 unspecified atom stereocenters. The number of thioether (sulfide) groups is 1. The van der Waals surface area contributed by atoms with Crippen molar-refractivity contribution in [2.75, 3.05) is 16.4 Å². The molecule has 2 N–H and O–H groups in total. The molecule has 2 aromatic carbocycles. The number of aromatic nitrogens is 3. The van der Waals surface area contributed by atoms with Crippen LogP contribution in [0.15, 0.2) is 41.6 Å². The van der Waals surface area contributed by atoms with Gasteiger partial charge in [0.25, 0.3) is 0 Å². The van der Waals surface area contributed by atoms with Crippen molar-refractivity contribution < 1.29 is 9.59 Å². The maximum Gasteiger partial charge on any atom is 0.234 e. The third-order valence-corrected chi connectivity index (χ3v) is 6.21. The Labute approximate surface area is 193 Å². The summed E-state index contributed by atoms with van der Waals surface area (Å²) in [6.07, 6.45) is 0.945. The molecule has 1 aromatic heterocycles. The van der Waals surface area contributed by atoms with Crippen LogP contribution in [0, 0.1) is 20.8 Å². The molecule has 8 heteroatoms. The van der Waals surface area contributed by atoms with E-state index in [1.807, 2.05) is 45.0 Å². The minimum absolute atomic E-state index is 0.107. The Hall–Kier alpha value is -3.13. The summed E-state index contributed by atoms with van der Waals surface area (Å²) in [5.74, 6) is 0.489. The number of carbonyl (C=O) groups is 2. The van der Waals surface area contributed by atoms with E-state index < -0.39 is 0 Å². The highest BCUT2D eigenvalue weighted by Gasteiger charge is 2.16. The fourth-order valence-corrected chi connectivity index (χ4v) is 4.33. The molecular formula is C24H29N5O2S. The van der Waals surface area contributed by atoms with Crippen molar-refractivity contribution in [3.05, 3.63) is 64.5 Å². The number of hydrogen-bond donors (Lipinski definition) is 2. The molecule has 3 rings (SSSR count). The lowest BCUT2D eigenvalue weighted by molar-refractivity contribution is -0.116. The van der Waals surface area contributed by atoms with Gasteiger partial charge >= 0.3 is 0 Å². The summed E-state index contributed by atoms with van der Waals surface area (Å²) in [6.45, 7) is 8.06. The van der Waals surface area contributed by atoms with Crippen LogP contribution in [0.5, 0.6) is 0 Å². The molecule has 0 aliphatic rings. The first-order valence-electron chi connectivity index (χ1n) is 10.5. The van der Waals surface area contributed by atoms with Gasteiger partial charge in [-0.25, -0.2) is 0 Å². The molecule has 168 valence electrons. The van der Waals surface area contributed by atoms with E-state index in [1.165, 1.54) is 17.3 Å². The number of amides is 2. The molecular weight excluding hydrogens is 422 g/mol. The molecule has 3 aromatic rings. The van der Waals surface area contributed by atoms with Crippen LogP contribution in [0.4, 0.5) is 11.4 Å². The summed E-state index contributed by atoms with van der Waals surface area (Å²) in [7, 11) is 1.80. The Bertz CT molecular complexity index is 1120. The van der Waals surface area contributed by atoms with Crippen LogP contribution in [-0.2, 0) is 29.5 Å². The average Bonchev–Trinajstić information content (AvgIpc) is 3.08. The average molecular weight is 452 g/mol. The summed E-state index contributed by atoms with van der Waals surface area (Å²) >= 11 is 1.29. The van der Waals surface area contributed by atoms with Crippen LogP contribution in [-0.4, -0.2) is 32.3 Å². The predicted molar refractivity (Wildman–Crippen MR) is 129 cm³/mol. The third kappa shape index (κ3) is 5.76. The van der Waals surface area contributed by atoms with E-state index in [1.54, 1.807) is 11.6 Å². The van der Waals surface area contributed by atoms with Crippen LogP contribution >= 0.6 is 11.8 Å². The number of hydrogen-bond acceptors (Lipinski definition) is 5. The van der Waals surface area contributed by atoms with Crippen molar-refractivity contribution in [1.29, 1.82) is 0 Å². The number of carbonyl (C=O) groups excluding carboxylic acids is 2. The molecule has 2 amide bonds. The Kier molecular flexibility index (Phi) is 7.69. The van der Waals surface area contributed by atoms with Crippen LogP contribution in [0.2, 0.25) is 0 Å². The Morgan fingerprint density at radius 3 is 2.38 bits per heavy atom. The smallest absolute Gasteiger partial charge is 0.234 e. The van der Waals surface area contributed by atoms with Gasteiger partial charge in [0, 0.05) is 18.4 Å². The van der Waals surface area contributed by atoms with Gasteiger partial charge in [0.2, 0.25) is 11.8 Å². The minimum atomic E-state index is -0.152. The molecule has 0 fully saturated rings. The van der Waals surface area contributed by atoms with E-state index in [4.69, 9.17) is 0 Å². The molecule has 0 saturated heterocycles. The van der Waals surface area contributed by atoms with Crippen LogP contribution in [0.25, 0.3) is 0 Å². The van der Waals surface area contributed by atoms with Crippen molar-refractivity contribution in [1.82, 2.24) is 14.8 Å². The van der Waals surface area contributed by atoms with Gasteiger partial charge in [-0.1, -0.05) is 54.6 Å². The Balaban J connectivity index is 1.58. The number of nitrogens with zero attached hydrogens (tertiary/aromatic N) is 3. The highest BCUT2D eigenvalue weighted by molar-refractivity contribution is 7.99. The summed E-state index contributed by atoms with van der Waals surface area (Å²) in [5, 5.41) is 14.8. The predicted octanol–water partition coefficient (Wildman–Crippen LogP) is 4.21. The van der Waals surface area contributed by atoms with Gasteiger partial charge < -0.3 is 15.2 Å². The molecule has 0 saturated carbocycles. The third-order valence-electron chi connectivity index (χ3n) is 5.19. The lowest BCUT2D eigenvalue weighted by atomic mass is 10.1. The molecule has 0 aliphatic carbocycles. The molecule has 1 heterocycles. The van der Waals surface area contributed by atoms with Crippen LogP contribution < -0.4 is 10.6 Å². The number of anilines is 2. The molecule has 0 spiro atoms. The Morgan fingerprint density at radius 2 is 1.69 bits per heavy atom. The van der Waals surface area contributed by atoms with E-state index in [-0.39, 0.29) is 24.0 Å². The number of para-hydroxylation sites is 1. The van der Waals surface area contributed by atoms with Gasteiger partial charge in [0.05, 0.1) is 12.2 Å². The summed E-state index contributed by atoms with van der Waals surface area (Å²) in [5.41, 5.74) is 6.00. The van der Waals surface area contributed by atoms with Crippen molar-refractivity contribution in [3.8, 4) is 0 Å². The highest BCUT2D eigenvalue weighted by Crippen LogP contribution is 2.23. The first-order chi connectivity index (χ1) is 15.3. The minimum Gasteiger partial charge on any atom is -0.325 e. The van der Waals surface area contributed by atoms with Crippen LogP contribution in [0.1, 0.15) is 35.0 Å². The van der Waals surface area contributed by atoms with Crippen molar-refractivity contribution in [2.24, 2.45) is 7.05 Å². The van der Waals surface area contributed by atoms with Gasteiger partial charge in [-0.2, -0.15) is 0 Å². The van der Waals surface area contributed by atoms with Crippen molar-refractivity contribution in [3.63, 3.8) is 0 Å². The molecule has 32 heavy (non-hydrogen) atoms. The zero-order chi connectivity index (χ0) is 23.3. The summed E-state index contributed by atoms with van der Waals surface area (Å²) in [4.78, 5) is 25.0. The lowest BCUT2D eigenvalue weighted by Gasteiger charge is -2.12. The van der Waals surface area contributed by atoms with Gasteiger partial charge in [0.15, 0.2) is 5.16 Å². The van der Waals surface area contributed by atoms with Crippen molar-refractivity contribution in [2.45, 2.75) is 45.7 Å². The molecule has 7 nitrogen and oxygen atoms in total. The van der Waals surface area contributed by atoms with E-state index in [0.717, 1.165) is 34.5 Å². The maximum absolute atomic E-state index is 12.5. The topological polar surface area (TPSA) is 88.9 Å². The van der Waals surface area contributed by atoms with E-state index in [2.05, 4.69) is 39.9 Å². The number of benzene rings is 2. The first-order valence-corrected chi connectivity index (χ1v) is 11.5. The van der Waals surface area contributed by atoms with E-state index in [0.29, 0.717) is 11.0 Å². The standard InChI is InChI=1S/C24H29N5O2S/c1-6-18-9-7-8-10-19(18)25-21(30)13-20-27-28-24(29(20)5)32-14-22(31)26-23-16(3)11-15(2)12-17(23)4/h7-12H,6,13-14H2,1-5H3,(H,25,30)(H,26,31). The summed E-state index contributed by atoms with van der Waals surface area (Å²) in [6, 6.07) is 11.8. The molecule has 0 radical (unpaired) electrons. The van der Waals surface area contributed by atoms with Gasteiger partial charge in [-0.15, -0.1) is 10.2 Å². The first kappa shape index (κ1) is 23.5. The van der Waals surface area contributed by atoms with E-state index >= 15 is 0 Å². The second-order valence-electron chi connectivity index (χ2n) is 7.80. The summed E-state index contributed by atoms with van der Waals surface area (Å²) < 4.78 is 1.76. The van der Waals surface area contributed by atoms with Gasteiger partial charge in [-0.3, -0.25) is 9.59 Å². The zero-order valence-corrected chi connectivity index (χ0v) is 20.0. The lowest BCUT2D eigenvalue weighted by Crippen LogP contribution is -2.18. The number of aryl methyl sites for hydroxylation is 4. The van der Waals surface area contributed by atoms with Crippen LogP contribution in [0.3, 0.4) is 0 Å². The largest absolute Gasteiger partial charge is 0.325 e. The van der Waals surface area contributed by atoms with Crippen molar-refractivity contribution >= 4 is 35.0 Å². The fraction of sp³-hybridized carbons (Fsp3) is 0.333. The second kappa shape index (κ2) is 10.5. The monoisotopic (exact) mass is 451 g/mol. The fourth-order valence-electron chi connectivity index (χ4n) is 3.60. The maximum atomic E-state index is 12.5. The number of rotatable bonds is 8. The normalized spacial score (nSPS) is 10.8. The second-order valence-corrected chi connectivity index (χ2v) is 8.75.